The Morgan fingerprint density at radius 2 is 2.13 bits per heavy atom. The molecule has 1 aromatic rings. The molecule has 0 saturated carbocycles. The zero-order valence-corrected chi connectivity index (χ0v) is 8.55. The Kier molecular flexibility index (Phi) is 1.83. The van der Waals surface area contributed by atoms with Gasteiger partial charge in [-0.2, -0.15) is 0 Å². The minimum absolute atomic E-state index is 0.186. The van der Waals surface area contributed by atoms with Gasteiger partial charge in [0.25, 0.3) is 0 Å². The van der Waals surface area contributed by atoms with E-state index in [1.54, 1.807) is 0 Å². The van der Waals surface area contributed by atoms with E-state index in [4.69, 9.17) is 0 Å². The van der Waals surface area contributed by atoms with Gasteiger partial charge in [0.05, 0.1) is 5.41 Å². The number of anilines is 1. The van der Waals surface area contributed by atoms with Gasteiger partial charge in [0, 0.05) is 12.2 Å². The summed E-state index contributed by atoms with van der Waals surface area (Å²) in [5.74, 6) is 0.186. The second-order valence-electron chi connectivity index (χ2n) is 4.50. The molecule has 0 radical (unpaired) electrons. The lowest BCUT2D eigenvalue weighted by Gasteiger charge is -2.32. The summed E-state index contributed by atoms with van der Waals surface area (Å²) in [5, 5.41) is 6.30. The first kappa shape index (κ1) is 8.92. The fraction of sp³-hybridized carbons (Fsp3) is 0.417. The van der Waals surface area contributed by atoms with Gasteiger partial charge in [-0.05, 0) is 31.0 Å². The summed E-state index contributed by atoms with van der Waals surface area (Å²) in [6, 6.07) is 8.08. The second kappa shape index (κ2) is 3.07. The molecule has 3 rings (SSSR count). The van der Waals surface area contributed by atoms with Crippen molar-refractivity contribution in [3.05, 3.63) is 29.8 Å². The summed E-state index contributed by atoms with van der Waals surface area (Å²) in [6.45, 7) is 1.77. The molecule has 2 N–H and O–H groups in total. The van der Waals surface area contributed by atoms with E-state index in [1.165, 1.54) is 5.56 Å². The maximum absolute atomic E-state index is 12.0. The fourth-order valence-electron chi connectivity index (χ4n) is 2.58. The van der Waals surface area contributed by atoms with E-state index in [1.807, 2.05) is 18.2 Å². The third kappa shape index (κ3) is 1.27. The van der Waals surface area contributed by atoms with Crippen LogP contribution >= 0.6 is 0 Å². The topological polar surface area (TPSA) is 41.1 Å². The van der Waals surface area contributed by atoms with Crippen LogP contribution in [0.25, 0.3) is 0 Å². The molecule has 3 nitrogen and oxygen atoms in total. The lowest BCUT2D eigenvalue weighted by Crippen LogP contribution is -2.43. The fourth-order valence-corrected chi connectivity index (χ4v) is 2.58. The molecule has 15 heavy (non-hydrogen) atoms. The number of benzene rings is 1. The normalized spacial score (nSPS) is 28.9. The van der Waals surface area contributed by atoms with E-state index < -0.39 is 0 Å². The molecule has 1 amide bonds. The van der Waals surface area contributed by atoms with E-state index in [9.17, 15) is 4.79 Å². The number of carbonyl (C=O) groups is 1. The number of para-hydroxylation sites is 1. The lowest BCUT2D eigenvalue weighted by atomic mass is 9.77. The van der Waals surface area contributed by atoms with Crippen molar-refractivity contribution in [3.8, 4) is 0 Å². The second-order valence-corrected chi connectivity index (χ2v) is 4.50. The van der Waals surface area contributed by atoms with Crippen molar-refractivity contribution in [2.24, 2.45) is 5.41 Å². The van der Waals surface area contributed by atoms with E-state index in [0.29, 0.717) is 0 Å². The van der Waals surface area contributed by atoms with Crippen LogP contribution in [-0.4, -0.2) is 19.0 Å². The van der Waals surface area contributed by atoms with Crippen molar-refractivity contribution >= 4 is 11.6 Å². The Morgan fingerprint density at radius 3 is 2.93 bits per heavy atom. The van der Waals surface area contributed by atoms with Crippen LogP contribution in [0.5, 0.6) is 0 Å². The Hall–Kier alpha value is -1.35. The lowest BCUT2D eigenvalue weighted by molar-refractivity contribution is -0.125. The molecule has 3 heteroatoms. The molecule has 1 spiro atoms. The van der Waals surface area contributed by atoms with E-state index in [0.717, 1.165) is 31.6 Å². The zero-order valence-electron chi connectivity index (χ0n) is 8.55. The first-order valence-corrected chi connectivity index (χ1v) is 5.40. The van der Waals surface area contributed by atoms with Gasteiger partial charge in [0.1, 0.15) is 0 Å². The summed E-state index contributed by atoms with van der Waals surface area (Å²) in [7, 11) is 0. The molecule has 0 aliphatic carbocycles. The van der Waals surface area contributed by atoms with Gasteiger partial charge in [-0.1, -0.05) is 18.2 Å². The molecule has 78 valence electrons. The number of amides is 1. The van der Waals surface area contributed by atoms with Gasteiger partial charge in [-0.25, -0.2) is 0 Å². The standard InChI is InChI=1S/C12H14N2O/c15-11-12(5-6-13-8-12)7-9-3-1-2-4-10(9)14-11/h1-4,13H,5-8H2,(H,14,15). The van der Waals surface area contributed by atoms with Gasteiger partial charge < -0.3 is 10.6 Å². The molecule has 1 unspecified atom stereocenters. The number of hydrogen-bond acceptors (Lipinski definition) is 2. The number of hydrogen-bond donors (Lipinski definition) is 2. The zero-order chi connectivity index (χ0) is 10.3. The molecular formula is C12H14N2O. The van der Waals surface area contributed by atoms with Gasteiger partial charge in [0.2, 0.25) is 5.91 Å². The van der Waals surface area contributed by atoms with Crippen LogP contribution in [0.15, 0.2) is 24.3 Å². The van der Waals surface area contributed by atoms with Crippen LogP contribution in [0.1, 0.15) is 12.0 Å². The van der Waals surface area contributed by atoms with Gasteiger partial charge in [-0.15, -0.1) is 0 Å². The minimum Gasteiger partial charge on any atom is -0.325 e. The SMILES string of the molecule is O=C1Nc2ccccc2CC12CCNC2. The monoisotopic (exact) mass is 202 g/mol. The molecule has 1 atom stereocenters. The predicted octanol–water partition coefficient (Wildman–Crippen LogP) is 1.16. The van der Waals surface area contributed by atoms with Crippen molar-refractivity contribution in [1.29, 1.82) is 0 Å². The highest BCUT2D eigenvalue weighted by Gasteiger charge is 2.44. The molecule has 1 aromatic carbocycles. The molecule has 2 aliphatic heterocycles. The van der Waals surface area contributed by atoms with Crippen LogP contribution < -0.4 is 10.6 Å². The molecule has 1 fully saturated rings. The van der Waals surface area contributed by atoms with Crippen LogP contribution in [-0.2, 0) is 11.2 Å². The maximum atomic E-state index is 12.0. The first-order valence-electron chi connectivity index (χ1n) is 5.40. The minimum atomic E-state index is -0.186. The largest absolute Gasteiger partial charge is 0.325 e. The van der Waals surface area contributed by atoms with Crippen LogP contribution in [0.4, 0.5) is 5.69 Å². The summed E-state index contributed by atoms with van der Waals surface area (Å²) in [6.07, 6.45) is 1.83. The van der Waals surface area contributed by atoms with E-state index in [2.05, 4.69) is 16.7 Å². The molecular weight excluding hydrogens is 188 g/mol. The average molecular weight is 202 g/mol. The maximum Gasteiger partial charge on any atom is 0.232 e. The van der Waals surface area contributed by atoms with E-state index in [-0.39, 0.29) is 11.3 Å². The molecule has 2 aliphatic rings. The van der Waals surface area contributed by atoms with Crippen molar-refractivity contribution in [1.82, 2.24) is 5.32 Å². The highest BCUT2D eigenvalue weighted by Crippen LogP contribution is 2.37. The Labute approximate surface area is 88.9 Å². The van der Waals surface area contributed by atoms with Gasteiger partial charge in [-0.3, -0.25) is 4.79 Å². The predicted molar refractivity (Wildman–Crippen MR) is 58.7 cm³/mol. The number of rotatable bonds is 0. The quantitative estimate of drug-likeness (QED) is 0.663. The van der Waals surface area contributed by atoms with Crippen molar-refractivity contribution in [2.75, 3.05) is 18.4 Å². The number of fused-ring (bicyclic) bond motifs is 1. The van der Waals surface area contributed by atoms with Crippen molar-refractivity contribution < 1.29 is 4.79 Å². The smallest absolute Gasteiger partial charge is 0.232 e. The van der Waals surface area contributed by atoms with Gasteiger partial charge >= 0.3 is 0 Å². The third-order valence-electron chi connectivity index (χ3n) is 3.52. The highest BCUT2D eigenvalue weighted by molar-refractivity contribution is 5.98. The third-order valence-corrected chi connectivity index (χ3v) is 3.52. The summed E-state index contributed by atoms with van der Waals surface area (Å²) in [5.41, 5.74) is 2.06. The van der Waals surface area contributed by atoms with Crippen molar-refractivity contribution in [3.63, 3.8) is 0 Å². The molecule has 0 bridgehead atoms. The Morgan fingerprint density at radius 1 is 1.27 bits per heavy atom. The summed E-state index contributed by atoms with van der Waals surface area (Å²) >= 11 is 0. The molecule has 2 heterocycles. The Balaban J connectivity index is 2.02. The van der Waals surface area contributed by atoms with Crippen molar-refractivity contribution in [2.45, 2.75) is 12.8 Å². The highest BCUT2D eigenvalue weighted by atomic mass is 16.2. The number of nitrogens with one attached hydrogen (secondary N) is 2. The Bertz CT molecular complexity index is 408. The summed E-state index contributed by atoms with van der Waals surface area (Å²) < 4.78 is 0. The molecule has 0 aromatic heterocycles. The van der Waals surface area contributed by atoms with Crippen LogP contribution in [0.2, 0.25) is 0 Å². The average Bonchev–Trinajstić information content (AvgIpc) is 2.70. The van der Waals surface area contributed by atoms with E-state index >= 15 is 0 Å². The van der Waals surface area contributed by atoms with Crippen LogP contribution in [0.3, 0.4) is 0 Å². The van der Waals surface area contributed by atoms with Crippen LogP contribution in [0, 0.1) is 5.41 Å². The number of carbonyl (C=O) groups excluding carboxylic acids is 1. The van der Waals surface area contributed by atoms with Gasteiger partial charge in [0.15, 0.2) is 0 Å². The summed E-state index contributed by atoms with van der Waals surface area (Å²) in [4.78, 5) is 12.0. The first-order chi connectivity index (χ1) is 7.30. The molecule has 1 saturated heterocycles.